The Morgan fingerprint density at radius 3 is 2.41 bits per heavy atom. The second-order valence-electron chi connectivity index (χ2n) is 4.23. The number of Topliss-reactive ketones (excluding diaryl/α,β-unsaturated/α-hetero) is 1. The number of benzene rings is 1. The first-order valence-corrected chi connectivity index (χ1v) is 5.72. The maximum Gasteiger partial charge on any atom is 0.140 e. The van der Waals surface area contributed by atoms with Crippen molar-refractivity contribution in [2.24, 2.45) is 5.92 Å². The van der Waals surface area contributed by atoms with Gasteiger partial charge in [-0.2, -0.15) is 0 Å². The topological polar surface area (TPSA) is 26.3 Å². The number of ketones is 1. The van der Waals surface area contributed by atoms with Crippen LogP contribution in [0, 0.1) is 17.6 Å². The lowest BCUT2D eigenvalue weighted by atomic mass is 9.91. The smallest absolute Gasteiger partial charge is 0.140 e. The van der Waals surface area contributed by atoms with Gasteiger partial charge in [-0.15, -0.1) is 0 Å². The van der Waals surface area contributed by atoms with Crippen molar-refractivity contribution in [1.29, 1.82) is 0 Å². The third-order valence-electron chi connectivity index (χ3n) is 3.09. The largest absolute Gasteiger partial charge is 0.381 e. The number of halogens is 2. The van der Waals surface area contributed by atoms with Crippen LogP contribution in [-0.4, -0.2) is 19.0 Å². The normalized spacial score (nSPS) is 17.1. The molecule has 0 saturated carbocycles. The van der Waals surface area contributed by atoms with E-state index in [9.17, 15) is 13.6 Å². The SMILES string of the molecule is O=C(Cc1c(F)cccc1F)C1CCOCC1. The lowest BCUT2D eigenvalue weighted by Gasteiger charge is -2.20. The molecule has 0 aromatic heterocycles. The minimum absolute atomic E-state index is 0.0997. The zero-order valence-electron chi connectivity index (χ0n) is 9.42. The van der Waals surface area contributed by atoms with Crippen LogP contribution < -0.4 is 0 Å². The van der Waals surface area contributed by atoms with Gasteiger partial charge in [0.05, 0.1) is 0 Å². The zero-order valence-corrected chi connectivity index (χ0v) is 9.42. The Hall–Kier alpha value is -1.29. The first kappa shape index (κ1) is 12.2. The molecule has 0 atom stereocenters. The summed E-state index contributed by atoms with van der Waals surface area (Å²) in [5.74, 6) is -1.52. The Morgan fingerprint density at radius 1 is 1.24 bits per heavy atom. The van der Waals surface area contributed by atoms with Crippen molar-refractivity contribution in [1.82, 2.24) is 0 Å². The molecule has 0 unspecified atom stereocenters. The summed E-state index contributed by atoms with van der Waals surface area (Å²) in [6.45, 7) is 1.10. The minimum atomic E-state index is -0.648. The Labute approximate surface area is 98.6 Å². The highest BCUT2D eigenvalue weighted by Gasteiger charge is 2.23. The molecule has 2 nitrogen and oxygen atoms in total. The summed E-state index contributed by atoms with van der Waals surface area (Å²) in [7, 11) is 0. The third kappa shape index (κ3) is 2.88. The molecular weight excluding hydrogens is 226 g/mol. The highest BCUT2D eigenvalue weighted by molar-refractivity contribution is 5.83. The Kier molecular flexibility index (Phi) is 3.84. The van der Waals surface area contributed by atoms with E-state index in [0.29, 0.717) is 26.1 Å². The van der Waals surface area contributed by atoms with Gasteiger partial charge in [-0.25, -0.2) is 8.78 Å². The standard InChI is InChI=1S/C13H14F2O2/c14-11-2-1-3-12(15)10(11)8-13(16)9-4-6-17-7-5-9/h1-3,9H,4-8H2. The van der Waals surface area contributed by atoms with E-state index in [4.69, 9.17) is 4.74 Å². The molecule has 17 heavy (non-hydrogen) atoms. The number of hydrogen-bond acceptors (Lipinski definition) is 2. The van der Waals surface area contributed by atoms with Crippen molar-refractivity contribution in [3.8, 4) is 0 Å². The molecule has 4 heteroatoms. The van der Waals surface area contributed by atoms with Crippen molar-refractivity contribution < 1.29 is 18.3 Å². The fraction of sp³-hybridized carbons (Fsp3) is 0.462. The second kappa shape index (κ2) is 5.36. The van der Waals surface area contributed by atoms with Crippen molar-refractivity contribution in [3.63, 3.8) is 0 Å². The van der Waals surface area contributed by atoms with Crippen LogP contribution in [0.15, 0.2) is 18.2 Å². The molecule has 1 saturated heterocycles. The first-order valence-electron chi connectivity index (χ1n) is 5.72. The van der Waals surface area contributed by atoms with E-state index < -0.39 is 11.6 Å². The number of hydrogen-bond donors (Lipinski definition) is 0. The lowest BCUT2D eigenvalue weighted by Crippen LogP contribution is -2.25. The van der Waals surface area contributed by atoms with Crippen LogP contribution in [0.25, 0.3) is 0 Å². The van der Waals surface area contributed by atoms with Crippen LogP contribution in [0.3, 0.4) is 0 Å². The van der Waals surface area contributed by atoms with Crippen LogP contribution >= 0.6 is 0 Å². The van der Waals surface area contributed by atoms with Gasteiger partial charge in [-0.3, -0.25) is 4.79 Å². The van der Waals surface area contributed by atoms with Crippen molar-refractivity contribution in [2.75, 3.05) is 13.2 Å². The number of carbonyl (C=O) groups excluding carboxylic acids is 1. The molecule has 1 aliphatic heterocycles. The van der Waals surface area contributed by atoms with Crippen molar-refractivity contribution in [3.05, 3.63) is 35.4 Å². The molecular formula is C13H14F2O2. The quantitative estimate of drug-likeness (QED) is 0.811. The van der Waals surface area contributed by atoms with Gasteiger partial charge >= 0.3 is 0 Å². The fourth-order valence-electron chi connectivity index (χ4n) is 2.04. The van der Waals surface area contributed by atoms with Crippen LogP contribution in [0.1, 0.15) is 18.4 Å². The Morgan fingerprint density at radius 2 is 1.82 bits per heavy atom. The molecule has 1 aliphatic rings. The van der Waals surface area contributed by atoms with E-state index >= 15 is 0 Å². The summed E-state index contributed by atoms with van der Waals surface area (Å²) in [5, 5.41) is 0. The third-order valence-corrected chi connectivity index (χ3v) is 3.09. The molecule has 0 bridgehead atoms. The number of carbonyl (C=O) groups is 1. The van der Waals surface area contributed by atoms with Gasteiger partial charge in [0, 0.05) is 31.1 Å². The summed E-state index contributed by atoms with van der Waals surface area (Å²) in [5.41, 5.74) is -0.121. The second-order valence-corrected chi connectivity index (χ2v) is 4.23. The van der Waals surface area contributed by atoms with Crippen LogP contribution in [0.2, 0.25) is 0 Å². The average Bonchev–Trinajstić information content (AvgIpc) is 2.35. The summed E-state index contributed by atoms with van der Waals surface area (Å²) >= 11 is 0. The molecule has 0 radical (unpaired) electrons. The van der Waals surface area contributed by atoms with E-state index in [1.54, 1.807) is 0 Å². The van der Waals surface area contributed by atoms with Crippen molar-refractivity contribution >= 4 is 5.78 Å². The van der Waals surface area contributed by atoms with Crippen LogP contribution in [-0.2, 0) is 16.0 Å². The molecule has 92 valence electrons. The fourth-order valence-corrected chi connectivity index (χ4v) is 2.04. The van der Waals surface area contributed by atoms with Gasteiger partial charge in [0.25, 0.3) is 0 Å². The molecule has 1 fully saturated rings. The predicted molar refractivity (Wildman–Crippen MR) is 58.6 cm³/mol. The number of rotatable bonds is 3. The predicted octanol–water partition coefficient (Wildman–Crippen LogP) is 2.50. The first-order chi connectivity index (χ1) is 8.18. The lowest BCUT2D eigenvalue weighted by molar-refractivity contribution is -0.125. The summed E-state index contributed by atoms with van der Waals surface area (Å²) < 4.78 is 31.9. The molecule has 1 heterocycles. The highest BCUT2D eigenvalue weighted by Crippen LogP contribution is 2.20. The summed E-state index contributed by atoms with van der Waals surface area (Å²) in [4.78, 5) is 11.9. The molecule has 0 aliphatic carbocycles. The van der Waals surface area contributed by atoms with Gasteiger partial charge in [0.2, 0.25) is 0 Å². The van der Waals surface area contributed by atoms with Crippen LogP contribution in [0.4, 0.5) is 8.78 Å². The average molecular weight is 240 g/mol. The Bertz CT molecular complexity index is 392. The van der Waals surface area contributed by atoms with E-state index in [2.05, 4.69) is 0 Å². The molecule has 1 aromatic rings. The van der Waals surface area contributed by atoms with E-state index in [1.165, 1.54) is 18.2 Å². The maximum absolute atomic E-state index is 13.4. The Balaban J connectivity index is 2.07. The van der Waals surface area contributed by atoms with Gasteiger partial charge in [0.15, 0.2) is 0 Å². The number of ether oxygens (including phenoxy) is 1. The van der Waals surface area contributed by atoms with Gasteiger partial charge in [0.1, 0.15) is 17.4 Å². The summed E-state index contributed by atoms with van der Waals surface area (Å²) in [6.07, 6.45) is 1.13. The van der Waals surface area contributed by atoms with E-state index in [1.807, 2.05) is 0 Å². The molecule has 0 spiro atoms. The molecule has 0 N–H and O–H groups in total. The molecule has 2 rings (SSSR count). The van der Waals surface area contributed by atoms with E-state index in [-0.39, 0.29) is 23.7 Å². The monoisotopic (exact) mass is 240 g/mol. The van der Waals surface area contributed by atoms with E-state index in [0.717, 1.165) is 0 Å². The molecule has 1 aromatic carbocycles. The van der Waals surface area contributed by atoms with Gasteiger partial charge in [-0.1, -0.05) is 6.07 Å². The van der Waals surface area contributed by atoms with Gasteiger partial charge < -0.3 is 4.74 Å². The zero-order chi connectivity index (χ0) is 12.3. The maximum atomic E-state index is 13.4. The van der Waals surface area contributed by atoms with Crippen LogP contribution in [0.5, 0.6) is 0 Å². The summed E-state index contributed by atoms with van der Waals surface area (Å²) in [6, 6.07) is 3.65. The minimum Gasteiger partial charge on any atom is -0.381 e. The highest BCUT2D eigenvalue weighted by atomic mass is 19.1. The van der Waals surface area contributed by atoms with Gasteiger partial charge in [-0.05, 0) is 25.0 Å². The van der Waals surface area contributed by atoms with Crippen molar-refractivity contribution in [2.45, 2.75) is 19.3 Å². The molecule has 0 amide bonds.